The van der Waals surface area contributed by atoms with Crippen LogP contribution in [0, 0.1) is 11.3 Å². The second-order valence-electron chi connectivity index (χ2n) is 4.07. The highest BCUT2D eigenvalue weighted by atomic mass is 19.1. The number of halogens is 1. The third-order valence-electron chi connectivity index (χ3n) is 3.03. The fourth-order valence-corrected chi connectivity index (χ4v) is 2.04. The van der Waals surface area contributed by atoms with E-state index in [4.69, 9.17) is 5.26 Å². The van der Waals surface area contributed by atoms with Crippen LogP contribution in [-0.2, 0) is 9.53 Å². The van der Waals surface area contributed by atoms with Crippen LogP contribution in [0.2, 0.25) is 0 Å². The molecule has 1 N–H and O–H groups in total. The zero-order valence-electron chi connectivity index (χ0n) is 9.33. The lowest BCUT2D eigenvalue weighted by molar-refractivity contribution is -0.177. The molecule has 0 saturated heterocycles. The highest BCUT2D eigenvalue weighted by Crippen LogP contribution is 2.40. The van der Waals surface area contributed by atoms with E-state index in [0.29, 0.717) is 12.8 Å². The van der Waals surface area contributed by atoms with Gasteiger partial charge in [0.25, 0.3) is 5.60 Å². The number of nitriles is 1. The summed E-state index contributed by atoms with van der Waals surface area (Å²) in [5, 5.41) is 18.8. The van der Waals surface area contributed by atoms with Gasteiger partial charge < -0.3 is 9.84 Å². The van der Waals surface area contributed by atoms with Gasteiger partial charge in [0.05, 0.1) is 6.61 Å². The molecule has 0 aromatic carbocycles. The highest BCUT2D eigenvalue weighted by Gasteiger charge is 2.58. The van der Waals surface area contributed by atoms with Crippen LogP contribution >= 0.6 is 0 Å². The molecule has 1 rings (SSSR count). The van der Waals surface area contributed by atoms with Crippen molar-refractivity contribution in [1.29, 1.82) is 5.26 Å². The normalized spacial score (nSPS) is 22.9. The van der Waals surface area contributed by atoms with Gasteiger partial charge in [-0.1, -0.05) is 19.3 Å². The minimum absolute atomic E-state index is 0.0128. The van der Waals surface area contributed by atoms with Crippen LogP contribution in [0.15, 0.2) is 0 Å². The molecule has 5 heteroatoms. The fourth-order valence-electron chi connectivity index (χ4n) is 2.04. The van der Waals surface area contributed by atoms with Crippen molar-refractivity contribution in [1.82, 2.24) is 0 Å². The van der Waals surface area contributed by atoms with Crippen molar-refractivity contribution in [2.45, 2.75) is 50.3 Å². The molecule has 0 aromatic rings. The van der Waals surface area contributed by atoms with Crippen molar-refractivity contribution in [2.75, 3.05) is 6.61 Å². The molecule has 1 saturated carbocycles. The lowest BCUT2D eigenvalue weighted by Crippen LogP contribution is -2.57. The highest BCUT2D eigenvalue weighted by molar-refractivity contribution is 5.84. The molecule has 0 aromatic heterocycles. The summed E-state index contributed by atoms with van der Waals surface area (Å²) in [5.41, 5.74) is -4.84. The Labute approximate surface area is 94.0 Å². The van der Waals surface area contributed by atoms with Crippen LogP contribution in [0.5, 0.6) is 0 Å². The number of esters is 1. The van der Waals surface area contributed by atoms with Crippen LogP contribution in [0.25, 0.3) is 0 Å². The predicted molar refractivity (Wildman–Crippen MR) is 54.1 cm³/mol. The molecule has 0 spiro atoms. The maximum atomic E-state index is 14.4. The van der Waals surface area contributed by atoms with Crippen molar-refractivity contribution in [3.8, 4) is 6.07 Å². The van der Waals surface area contributed by atoms with Gasteiger partial charge in [-0.3, -0.25) is 0 Å². The topological polar surface area (TPSA) is 70.3 Å². The Morgan fingerprint density at radius 3 is 2.56 bits per heavy atom. The predicted octanol–water partition coefficient (Wildman–Crippen LogP) is 1.48. The number of hydrogen-bond acceptors (Lipinski definition) is 4. The quantitative estimate of drug-likeness (QED) is 0.587. The first kappa shape index (κ1) is 12.9. The Morgan fingerprint density at radius 1 is 1.56 bits per heavy atom. The standard InChI is InChI=1S/C11H16FNO3/c1-2-16-9(14)11(15,8-13)10(12)6-4-3-5-7-10/h15H,2-7H2,1H3. The molecule has 0 aliphatic heterocycles. The van der Waals surface area contributed by atoms with Gasteiger partial charge in [0, 0.05) is 0 Å². The number of carbonyl (C=O) groups is 1. The van der Waals surface area contributed by atoms with Crippen LogP contribution in [-0.4, -0.2) is 29.0 Å². The van der Waals surface area contributed by atoms with Gasteiger partial charge in [-0.15, -0.1) is 0 Å². The van der Waals surface area contributed by atoms with E-state index < -0.39 is 17.2 Å². The van der Waals surface area contributed by atoms with Gasteiger partial charge in [-0.05, 0) is 19.8 Å². The second-order valence-corrected chi connectivity index (χ2v) is 4.07. The summed E-state index contributed by atoms with van der Waals surface area (Å²) in [6.45, 7) is 1.56. The summed E-state index contributed by atoms with van der Waals surface area (Å²) >= 11 is 0. The average molecular weight is 229 g/mol. The maximum absolute atomic E-state index is 14.4. The van der Waals surface area contributed by atoms with Gasteiger partial charge in [-0.25, -0.2) is 9.18 Å². The Balaban J connectivity index is 2.94. The first-order valence-corrected chi connectivity index (χ1v) is 5.50. The van der Waals surface area contributed by atoms with E-state index in [-0.39, 0.29) is 19.4 Å². The van der Waals surface area contributed by atoms with Crippen molar-refractivity contribution >= 4 is 5.97 Å². The lowest BCUT2D eigenvalue weighted by atomic mass is 9.74. The van der Waals surface area contributed by atoms with Crippen LogP contribution in [0.1, 0.15) is 39.0 Å². The van der Waals surface area contributed by atoms with Gasteiger partial charge in [0.2, 0.25) is 0 Å². The molecule has 0 heterocycles. The molecule has 1 aliphatic rings. The summed E-state index contributed by atoms with van der Waals surface area (Å²) in [5.74, 6) is -1.18. The Bertz CT molecular complexity index is 307. The molecular weight excluding hydrogens is 213 g/mol. The summed E-state index contributed by atoms with van der Waals surface area (Å²) in [6, 6.07) is 1.38. The minimum Gasteiger partial charge on any atom is -0.463 e. The molecule has 0 amide bonds. The van der Waals surface area contributed by atoms with Crippen molar-refractivity contribution < 1.29 is 19.0 Å². The Hall–Kier alpha value is -1.15. The van der Waals surface area contributed by atoms with Gasteiger partial charge in [-0.2, -0.15) is 5.26 Å². The first-order valence-electron chi connectivity index (χ1n) is 5.50. The summed E-state index contributed by atoms with van der Waals surface area (Å²) in [7, 11) is 0. The van der Waals surface area contributed by atoms with Gasteiger partial charge in [0.15, 0.2) is 5.67 Å². The summed E-state index contributed by atoms with van der Waals surface area (Å²) in [4.78, 5) is 11.5. The van der Waals surface area contributed by atoms with Crippen LogP contribution in [0.4, 0.5) is 4.39 Å². The van der Waals surface area contributed by atoms with Crippen LogP contribution < -0.4 is 0 Å². The zero-order chi connectivity index (χ0) is 12.2. The lowest BCUT2D eigenvalue weighted by Gasteiger charge is -2.37. The molecule has 1 atom stereocenters. The molecule has 16 heavy (non-hydrogen) atoms. The minimum atomic E-state index is -2.66. The number of aliphatic hydroxyl groups is 1. The van der Waals surface area contributed by atoms with Gasteiger partial charge >= 0.3 is 5.97 Å². The monoisotopic (exact) mass is 229 g/mol. The molecule has 0 bridgehead atoms. The number of ether oxygens (including phenoxy) is 1. The summed E-state index contributed by atoms with van der Waals surface area (Å²) in [6.07, 6.45) is 2.04. The van der Waals surface area contributed by atoms with Crippen LogP contribution in [0.3, 0.4) is 0 Å². The third kappa shape index (κ3) is 2.03. The third-order valence-corrected chi connectivity index (χ3v) is 3.03. The molecule has 1 fully saturated rings. The van der Waals surface area contributed by atoms with E-state index in [1.165, 1.54) is 6.07 Å². The Morgan fingerprint density at radius 2 is 2.12 bits per heavy atom. The molecular formula is C11H16FNO3. The van der Waals surface area contributed by atoms with E-state index in [9.17, 15) is 14.3 Å². The SMILES string of the molecule is CCOC(=O)C(O)(C#N)C1(F)CCCCC1. The van der Waals surface area contributed by atoms with Crippen molar-refractivity contribution in [3.63, 3.8) is 0 Å². The van der Waals surface area contributed by atoms with E-state index in [0.717, 1.165) is 6.42 Å². The van der Waals surface area contributed by atoms with E-state index >= 15 is 0 Å². The molecule has 0 radical (unpaired) electrons. The number of nitrogens with zero attached hydrogens (tertiary/aromatic N) is 1. The van der Waals surface area contributed by atoms with Crippen molar-refractivity contribution in [3.05, 3.63) is 0 Å². The number of alkyl halides is 1. The van der Waals surface area contributed by atoms with Crippen molar-refractivity contribution in [2.24, 2.45) is 0 Å². The first-order chi connectivity index (χ1) is 7.50. The maximum Gasteiger partial charge on any atom is 0.356 e. The fraction of sp³-hybridized carbons (Fsp3) is 0.818. The van der Waals surface area contributed by atoms with E-state index in [1.807, 2.05) is 0 Å². The summed E-state index contributed by atoms with van der Waals surface area (Å²) < 4.78 is 19.0. The number of carbonyl (C=O) groups excluding carboxylic acids is 1. The number of hydrogen-bond donors (Lipinski definition) is 1. The zero-order valence-corrected chi connectivity index (χ0v) is 9.33. The second kappa shape index (κ2) is 4.79. The Kier molecular flexibility index (Phi) is 3.87. The van der Waals surface area contributed by atoms with Gasteiger partial charge in [0.1, 0.15) is 6.07 Å². The number of rotatable bonds is 3. The van der Waals surface area contributed by atoms with E-state index in [2.05, 4.69) is 4.74 Å². The van der Waals surface area contributed by atoms with E-state index in [1.54, 1.807) is 6.92 Å². The molecule has 1 unspecified atom stereocenters. The molecule has 1 aliphatic carbocycles. The average Bonchev–Trinajstić information content (AvgIpc) is 2.29. The molecule has 4 nitrogen and oxygen atoms in total. The largest absolute Gasteiger partial charge is 0.463 e. The molecule has 90 valence electrons. The smallest absolute Gasteiger partial charge is 0.356 e.